The fourth-order valence-corrected chi connectivity index (χ4v) is 1.23. The molecule has 1 atom stereocenters. The smallest absolute Gasteiger partial charge is 0.131 e. The highest BCUT2D eigenvalue weighted by Crippen LogP contribution is 2.14. The molecule has 0 saturated heterocycles. The van der Waals surface area contributed by atoms with Crippen molar-refractivity contribution in [1.29, 1.82) is 5.26 Å². The molecule has 1 aromatic rings. The Bertz CT molecular complexity index is 362. The van der Waals surface area contributed by atoms with Crippen LogP contribution in [0.15, 0.2) is 24.3 Å². The lowest BCUT2D eigenvalue weighted by atomic mass is 10.0. The predicted octanol–water partition coefficient (Wildman–Crippen LogP) is 1.54. The van der Waals surface area contributed by atoms with Gasteiger partial charge in [-0.25, -0.2) is 0 Å². The monoisotopic (exact) mass is 188 g/mol. The lowest BCUT2D eigenvalue weighted by Gasteiger charge is -2.09. The van der Waals surface area contributed by atoms with Gasteiger partial charge in [-0.05, 0) is 24.6 Å². The number of benzene rings is 1. The van der Waals surface area contributed by atoms with Crippen molar-refractivity contribution in [2.24, 2.45) is 5.73 Å². The van der Waals surface area contributed by atoms with E-state index in [4.69, 9.17) is 11.0 Å². The molecule has 0 spiro atoms. The Morgan fingerprint density at radius 2 is 2.07 bits per heavy atom. The third kappa shape index (κ3) is 2.68. The predicted molar refractivity (Wildman–Crippen MR) is 53.4 cm³/mol. The van der Waals surface area contributed by atoms with Gasteiger partial charge in [0.25, 0.3) is 0 Å². The van der Waals surface area contributed by atoms with Crippen LogP contribution >= 0.6 is 0 Å². The number of nitrogens with two attached hydrogens (primary N) is 1. The van der Waals surface area contributed by atoms with Crippen LogP contribution in [0.4, 0.5) is 0 Å². The molecular formula is C11H12N2O. The Labute approximate surface area is 83.2 Å². The van der Waals surface area contributed by atoms with Crippen LogP contribution < -0.4 is 5.73 Å². The van der Waals surface area contributed by atoms with Crippen molar-refractivity contribution < 1.29 is 4.79 Å². The summed E-state index contributed by atoms with van der Waals surface area (Å²) in [6.07, 6.45) is 0.339. The van der Waals surface area contributed by atoms with Crippen LogP contribution in [0.25, 0.3) is 0 Å². The first-order chi connectivity index (χ1) is 6.63. The molecule has 0 heterocycles. The molecule has 2 N–H and O–H groups in total. The second-order valence-corrected chi connectivity index (χ2v) is 3.25. The van der Waals surface area contributed by atoms with Gasteiger partial charge in [0.15, 0.2) is 0 Å². The third-order valence-corrected chi connectivity index (χ3v) is 1.98. The molecule has 0 radical (unpaired) electrons. The van der Waals surface area contributed by atoms with Crippen LogP contribution in [-0.2, 0) is 4.79 Å². The van der Waals surface area contributed by atoms with E-state index in [1.807, 2.05) is 6.07 Å². The van der Waals surface area contributed by atoms with Crippen molar-refractivity contribution in [2.75, 3.05) is 0 Å². The number of hydrogen-bond donors (Lipinski definition) is 1. The summed E-state index contributed by atoms with van der Waals surface area (Å²) in [6.45, 7) is 1.52. The van der Waals surface area contributed by atoms with Crippen molar-refractivity contribution >= 4 is 5.78 Å². The van der Waals surface area contributed by atoms with Gasteiger partial charge < -0.3 is 5.73 Å². The second kappa shape index (κ2) is 4.54. The van der Waals surface area contributed by atoms with E-state index in [-0.39, 0.29) is 11.8 Å². The molecule has 14 heavy (non-hydrogen) atoms. The molecule has 0 aliphatic heterocycles. The van der Waals surface area contributed by atoms with E-state index in [2.05, 4.69) is 0 Å². The van der Waals surface area contributed by atoms with E-state index in [0.717, 1.165) is 5.56 Å². The normalized spacial score (nSPS) is 11.8. The first-order valence-corrected chi connectivity index (χ1v) is 4.38. The third-order valence-electron chi connectivity index (χ3n) is 1.98. The maximum atomic E-state index is 10.8. The lowest BCUT2D eigenvalue weighted by molar-refractivity contribution is -0.117. The van der Waals surface area contributed by atoms with Crippen LogP contribution in [-0.4, -0.2) is 5.78 Å². The minimum absolute atomic E-state index is 0.0712. The topological polar surface area (TPSA) is 66.9 Å². The van der Waals surface area contributed by atoms with Crippen molar-refractivity contribution in [2.45, 2.75) is 19.4 Å². The zero-order valence-electron chi connectivity index (χ0n) is 8.03. The molecule has 0 aliphatic rings. The maximum absolute atomic E-state index is 10.8. The van der Waals surface area contributed by atoms with E-state index < -0.39 is 0 Å². The summed E-state index contributed by atoms with van der Waals surface area (Å²) in [6, 6.07) is 8.74. The van der Waals surface area contributed by atoms with Crippen molar-refractivity contribution in [1.82, 2.24) is 0 Å². The highest BCUT2D eigenvalue weighted by Gasteiger charge is 2.07. The SMILES string of the molecule is CC(=O)CC(N)c1ccc(C#N)cc1. The van der Waals surface area contributed by atoms with Crippen LogP contribution in [0.5, 0.6) is 0 Å². The summed E-state index contributed by atoms with van der Waals surface area (Å²) in [5, 5.41) is 8.58. The number of nitrogens with zero attached hydrogens (tertiary/aromatic N) is 1. The molecule has 1 unspecified atom stereocenters. The van der Waals surface area contributed by atoms with Crippen molar-refractivity contribution in [3.63, 3.8) is 0 Å². The van der Waals surface area contributed by atoms with Crippen molar-refractivity contribution in [3.8, 4) is 6.07 Å². The number of carbonyl (C=O) groups is 1. The minimum Gasteiger partial charge on any atom is -0.324 e. The molecule has 72 valence electrons. The summed E-state index contributed by atoms with van der Waals surface area (Å²) < 4.78 is 0. The van der Waals surface area contributed by atoms with Gasteiger partial charge in [-0.15, -0.1) is 0 Å². The second-order valence-electron chi connectivity index (χ2n) is 3.25. The number of nitriles is 1. The Kier molecular flexibility index (Phi) is 3.38. The van der Waals surface area contributed by atoms with Crippen LogP contribution in [0.2, 0.25) is 0 Å². The van der Waals surface area contributed by atoms with Gasteiger partial charge in [0, 0.05) is 12.5 Å². The first kappa shape index (κ1) is 10.4. The fraction of sp³-hybridized carbons (Fsp3) is 0.273. The van der Waals surface area contributed by atoms with E-state index in [1.54, 1.807) is 24.3 Å². The molecule has 0 fully saturated rings. The van der Waals surface area contributed by atoms with Crippen LogP contribution in [0, 0.1) is 11.3 Å². The summed E-state index contributed by atoms with van der Waals surface area (Å²) in [5.41, 5.74) is 7.27. The average Bonchev–Trinajstić information content (AvgIpc) is 2.17. The quantitative estimate of drug-likeness (QED) is 0.782. The Balaban J connectivity index is 2.77. The van der Waals surface area contributed by atoms with Gasteiger partial charge in [0.2, 0.25) is 0 Å². The number of ketones is 1. The molecular weight excluding hydrogens is 176 g/mol. The maximum Gasteiger partial charge on any atom is 0.131 e. The van der Waals surface area contributed by atoms with Crippen LogP contribution in [0.1, 0.15) is 30.5 Å². The zero-order chi connectivity index (χ0) is 10.6. The van der Waals surface area contributed by atoms with Gasteiger partial charge in [-0.3, -0.25) is 4.79 Å². The molecule has 0 aliphatic carbocycles. The molecule has 0 bridgehead atoms. The molecule has 1 aromatic carbocycles. The molecule has 0 saturated carbocycles. The van der Waals surface area contributed by atoms with Gasteiger partial charge in [0.1, 0.15) is 5.78 Å². The summed E-state index contributed by atoms with van der Waals surface area (Å²) in [5.74, 6) is 0.0712. The summed E-state index contributed by atoms with van der Waals surface area (Å²) in [4.78, 5) is 10.8. The van der Waals surface area contributed by atoms with Crippen molar-refractivity contribution in [3.05, 3.63) is 35.4 Å². The molecule has 0 amide bonds. The van der Waals surface area contributed by atoms with Gasteiger partial charge >= 0.3 is 0 Å². The van der Waals surface area contributed by atoms with E-state index in [9.17, 15) is 4.79 Å². The Morgan fingerprint density at radius 3 is 2.50 bits per heavy atom. The molecule has 3 heteroatoms. The zero-order valence-corrected chi connectivity index (χ0v) is 8.03. The van der Waals surface area contributed by atoms with E-state index >= 15 is 0 Å². The number of hydrogen-bond acceptors (Lipinski definition) is 3. The fourth-order valence-electron chi connectivity index (χ4n) is 1.23. The van der Waals surface area contributed by atoms with E-state index in [1.165, 1.54) is 6.92 Å². The van der Waals surface area contributed by atoms with Gasteiger partial charge in [-0.2, -0.15) is 5.26 Å². The highest BCUT2D eigenvalue weighted by atomic mass is 16.1. The summed E-state index contributed by atoms with van der Waals surface area (Å²) >= 11 is 0. The molecule has 0 aromatic heterocycles. The standard InChI is InChI=1S/C11H12N2O/c1-8(14)6-11(13)10-4-2-9(7-12)3-5-10/h2-5,11H,6,13H2,1H3. The largest absolute Gasteiger partial charge is 0.324 e. The number of Topliss-reactive ketones (excluding diaryl/α,β-unsaturated/α-hetero) is 1. The lowest BCUT2D eigenvalue weighted by Crippen LogP contribution is -2.13. The van der Waals surface area contributed by atoms with Gasteiger partial charge in [0.05, 0.1) is 11.6 Å². The molecule has 3 nitrogen and oxygen atoms in total. The van der Waals surface area contributed by atoms with Crippen LogP contribution in [0.3, 0.4) is 0 Å². The Hall–Kier alpha value is -1.66. The Morgan fingerprint density at radius 1 is 1.50 bits per heavy atom. The highest BCUT2D eigenvalue weighted by molar-refractivity contribution is 5.76. The van der Waals surface area contributed by atoms with E-state index in [0.29, 0.717) is 12.0 Å². The molecule has 1 rings (SSSR count). The van der Waals surface area contributed by atoms with Gasteiger partial charge in [-0.1, -0.05) is 12.1 Å². The number of carbonyl (C=O) groups excluding carboxylic acids is 1. The first-order valence-electron chi connectivity index (χ1n) is 4.38. The number of rotatable bonds is 3. The summed E-state index contributed by atoms with van der Waals surface area (Å²) in [7, 11) is 0. The average molecular weight is 188 g/mol. The minimum atomic E-state index is -0.264.